The number of fused-ring (bicyclic) bond motifs is 1. The molecule has 0 aliphatic carbocycles. The van der Waals surface area contributed by atoms with Gasteiger partial charge in [-0.05, 0) is 46.2 Å². The zero-order valence-corrected chi connectivity index (χ0v) is 18.5. The maximum absolute atomic E-state index is 9.12. The highest BCUT2D eigenvalue weighted by Crippen LogP contribution is 2.34. The van der Waals surface area contributed by atoms with Gasteiger partial charge in [-0.15, -0.1) is 0 Å². The van der Waals surface area contributed by atoms with Crippen LogP contribution in [0.2, 0.25) is 10.0 Å². The zero-order chi connectivity index (χ0) is 22.3. The molecule has 0 aromatic heterocycles. The zero-order valence-electron chi connectivity index (χ0n) is 17.0. The molecule has 0 heterocycles. The van der Waals surface area contributed by atoms with Crippen LogP contribution >= 0.6 is 23.2 Å². The van der Waals surface area contributed by atoms with Crippen LogP contribution in [0.3, 0.4) is 0 Å². The summed E-state index contributed by atoms with van der Waals surface area (Å²) in [5.74, 6) is 0.419. The van der Waals surface area contributed by atoms with E-state index in [1.165, 1.54) is 11.6 Å². The molecule has 0 N–H and O–H groups in total. The standard InChI is InChI=1S/C26H18Cl2N2O2/c27-24-12-19(15-30-32-17-23-8-4-3-7-22(23)14-29)13-25(28)26(24)31-16-18-9-10-20-5-1-2-6-21(20)11-18/h1-13,15H,16-17H2/b30-15-. The molecule has 0 saturated heterocycles. The molecular weight excluding hydrogens is 443 g/mol. The SMILES string of the molecule is N#Cc1ccccc1CO/N=C\c1cc(Cl)c(OCc2ccc3ccccc3c2)c(Cl)c1. The summed E-state index contributed by atoms with van der Waals surface area (Å²) < 4.78 is 5.90. The highest BCUT2D eigenvalue weighted by molar-refractivity contribution is 6.37. The summed E-state index contributed by atoms with van der Waals surface area (Å²) in [7, 11) is 0. The first-order valence-corrected chi connectivity index (χ1v) is 10.6. The fourth-order valence-corrected chi connectivity index (χ4v) is 3.85. The Morgan fingerprint density at radius 1 is 0.844 bits per heavy atom. The molecular formula is C26H18Cl2N2O2. The topological polar surface area (TPSA) is 54.6 Å². The molecule has 0 amide bonds. The number of halogens is 2. The molecule has 0 radical (unpaired) electrons. The Kier molecular flexibility index (Phi) is 6.91. The van der Waals surface area contributed by atoms with Crippen molar-refractivity contribution >= 4 is 40.2 Å². The average molecular weight is 461 g/mol. The second kappa shape index (κ2) is 10.2. The van der Waals surface area contributed by atoms with E-state index in [0.717, 1.165) is 16.5 Å². The Balaban J connectivity index is 1.40. The molecule has 4 aromatic rings. The maximum atomic E-state index is 9.12. The van der Waals surface area contributed by atoms with E-state index in [0.29, 0.717) is 33.5 Å². The van der Waals surface area contributed by atoms with E-state index < -0.39 is 0 Å². The van der Waals surface area contributed by atoms with E-state index in [1.54, 1.807) is 24.3 Å². The van der Waals surface area contributed by atoms with Crippen LogP contribution in [0.4, 0.5) is 0 Å². The van der Waals surface area contributed by atoms with Gasteiger partial charge >= 0.3 is 0 Å². The minimum Gasteiger partial charge on any atom is -0.486 e. The van der Waals surface area contributed by atoms with Gasteiger partial charge in [0.05, 0.1) is 27.9 Å². The monoisotopic (exact) mass is 460 g/mol. The van der Waals surface area contributed by atoms with E-state index >= 15 is 0 Å². The summed E-state index contributed by atoms with van der Waals surface area (Å²) in [6.45, 7) is 0.535. The van der Waals surface area contributed by atoms with Gasteiger partial charge in [-0.1, -0.05) is 83.0 Å². The molecule has 32 heavy (non-hydrogen) atoms. The molecule has 0 fully saturated rings. The van der Waals surface area contributed by atoms with E-state index in [2.05, 4.69) is 35.5 Å². The summed E-state index contributed by atoms with van der Waals surface area (Å²) >= 11 is 12.8. The lowest BCUT2D eigenvalue weighted by molar-refractivity contribution is 0.132. The Morgan fingerprint density at radius 2 is 1.56 bits per heavy atom. The molecule has 0 bridgehead atoms. The molecule has 4 nitrogen and oxygen atoms in total. The van der Waals surface area contributed by atoms with Crippen molar-refractivity contribution in [3.63, 3.8) is 0 Å². The fourth-order valence-electron chi connectivity index (χ4n) is 3.24. The predicted octanol–water partition coefficient (Wildman–Crippen LogP) is 7.15. The van der Waals surface area contributed by atoms with Crippen LogP contribution in [0.5, 0.6) is 5.75 Å². The molecule has 0 aliphatic rings. The van der Waals surface area contributed by atoms with Gasteiger partial charge in [0.1, 0.15) is 13.2 Å². The van der Waals surface area contributed by atoms with E-state index in [1.807, 2.05) is 30.3 Å². The highest BCUT2D eigenvalue weighted by atomic mass is 35.5. The van der Waals surface area contributed by atoms with Gasteiger partial charge in [-0.25, -0.2) is 0 Å². The number of benzene rings is 4. The summed E-state index contributed by atoms with van der Waals surface area (Å²) in [5.41, 5.74) is 3.02. The van der Waals surface area contributed by atoms with Gasteiger partial charge in [0, 0.05) is 5.56 Å². The van der Waals surface area contributed by atoms with Gasteiger partial charge in [0.2, 0.25) is 0 Å². The Hall–Kier alpha value is -3.52. The largest absolute Gasteiger partial charge is 0.486 e. The van der Waals surface area contributed by atoms with Crippen molar-refractivity contribution < 1.29 is 9.57 Å². The maximum Gasteiger partial charge on any atom is 0.157 e. The summed E-state index contributed by atoms with van der Waals surface area (Å²) in [6, 6.07) is 27.1. The molecule has 0 aliphatic heterocycles. The fraction of sp³-hybridized carbons (Fsp3) is 0.0769. The van der Waals surface area contributed by atoms with Crippen molar-refractivity contribution in [2.24, 2.45) is 5.16 Å². The Morgan fingerprint density at radius 3 is 2.34 bits per heavy atom. The average Bonchev–Trinajstić information content (AvgIpc) is 2.81. The van der Waals surface area contributed by atoms with Crippen LogP contribution in [0.15, 0.2) is 84.0 Å². The number of rotatable bonds is 7. The molecule has 0 spiro atoms. The van der Waals surface area contributed by atoms with Crippen LogP contribution in [0.25, 0.3) is 10.8 Å². The normalized spacial score (nSPS) is 10.9. The first kappa shape index (κ1) is 21.7. The molecule has 6 heteroatoms. The predicted molar refractivity (Wildman–Crippen MR) is 128 cm³/mol. The summed E-state index contributed by atoms with van der Waals surface area (Å²) in [6.07, 6.45) is 1.51. The third-order valence-corrected chi connectivity index (χ3v) is 5.41. The second-order valence-electron chi connectivity index (χ2n) is 7.06. The number of nitriles is 1. The van der Waals surface area contributed by atoms with Gasteiger partial charge < -0.3 is 9.57 Å². The molecule has 0 atom stereocenters. The molecule has 4 aromatic carbocycles. The number of hydrogen-bond acceptors (Lipinski definition) is 4. The van der Waals surface area contributed by atoms with Crippen LogP contribution in [0.1, 0.15) is 22.3 Å². The molecule has 0 unspecified atom stereocenters. The third-order valence-electron chi connectivity index (χ3n) is 4.85. The van der Waals surface area contributed by atoms with Crippen LogP contribution < -0.4 is 4.74 Å². The molecule has 4 rings (SSSR count). The van der Waals surface area contributed by atoms with Gasteiger partial charge in [0.25, 0.3) is 0 Å². The minimum absolute atomic E-state index is 0.189. The lowest BCUT2D eigenvalue weighted by Gasteiger charge is -2.11. The van der Waals surface area contributed by atoms with E-state index in [9.17, 15) is 0 Å². The third kappa shape index (κ3) is 5.20. The van der Waals surface area contributed by atoms with Gasteiger partial charge in [-0.2, -0.15) is 5.26 Å². The first-order chi connectivity index (χ1) is 15.6. The summed E-state index contributed by atoms with van der Waals surface area (Å²) in [5, 5.41) is 16.2. The summed E-state index contributed by atoms with van der Waals surface area (Å²) in [4.78, 5) is 5.32. The van der Waals surface area contributed by atoms with Crippen LogP contribution in [-0.2, 0) is 18.1 Å². The highest BCUT2D eigenvalue weighted by Gasteiger charge is 2.10. The Labute approximate surface area is 196 Å². The first-order valence-electron chi connectivity index (χ1n) is 9.87. The van der Waals surface area contributed by atoms with Crippen molar-refractivity contribution in [3.8, 4) is 11.8 Å². The molecule has 158 valence electrons. The smallest absolute Gasteiger partial charge is 0.157 e. The van der Waals surface area contributed by atoms with Crippen LogP contribution in [-0.4, -0.2) is 6.21 Å². The minimum atomic E-state index is 0.189. The lowest BCUT2D eigenvalue weighted by atomic mass is 10.1. The van der Waals surface area contributed by atoms with Crippen LogP contribution in [0, 0.1) is 11.3 Å². The number of ether oxygens (including phenoxy) is 1. The Bertz CT molecular complexity index is 1310. The van der Waals surface area contributed by atoms with Crippen molar-refractivity contribution in [2.45, 2.75) is 13.2 Å². The van der Waals surface area contributed by atoms with Gasteiger partial charge in [-0.3, -0.25) is 0 Å². The van der Waals surface area contributed by atoms with E-state index in [-0.39, 0.29) is 6.61 Å². The van der Waals surface area contributed by atoms with E-state index in [4.69, 9.17) is 38.0 Å². The van der Waals surface area contributed by atoms with Crippen molar-refractivity contribution in [2.75, 3.05) is 0 Å². The van der Waals surface area contributed by atoms with Crippen molar-refractivity contribution in [1.29, 1.82) is 5.26 Å². The lowest BCUT2D eigenvalue weighted by Crippen LogP contribution is -1.98. The van der Waals surface area contributed by atoms with Crippen molar-refractivity contribution in [3.05, 3.63) is 111 Å². The quantitative estimate of drug-likeness (QED) is 0.217. The van der Waals surface area contributed by atoms with Crippen molar-refractivity contribution in [1.82, 2.24) is 0 Å². The number of oxime groups is 1. The number of hydrogen-bond donors (Lipinski definition) is 0. The molecule has 0 saturated carbocycles. The second-order valence-corrected chi connectivity index (χ2v) is 7.88. The number of nitrogens with zero attached hydrogens (tertiary/aromatic N) is 2. The van der Waals surface area contributed by atoms with Gasteiger partial charge in [0.15, 0.2) is 5.75 Å².